The summed E-state index contributed by atoms with van der Waals surface area (Å²) in [5.74, 6) is -0.457. The van der Waals surface area contributed by atoms with Crippen LogP contribution in [0.3, 0.4) is 0 Å². The lowest BCUT2D eigenvalue weighted by Gasteiger charge is -2.22. The van der Waals surface area contributed by atoms with E-state index in [1.165, 1.54) is 18.2 Å². The van der Waals surface area contributed by atoms with Crippen LogP contribution in [0.2, 0.25) is 10.0 Å². The summed E-state index contributed by atoms with van der Waals surface area (Å²) in [6, 6.07) is 10.0. The molecule has 2 aromatic rings. The molecular formula is C17H18Cl2N2O3S. The van der Waals surface area contributed by atoms with Gasteiger partial charge in [-0.15, -0.1) is 0 Å². The molecule has 5 nitrogen and oxygen atoms in total. The van der Waals surface area contributed by atoms with E-state index in [1.807, 2.05) is 32.0 Å². The topological polar surface area (TPSA) is 66.5 Å². The Kier molecular flexibility index (Phi) is 5.98. The predicted octanol–water partition coefficient (Wildman–Crippen LogP) is 4.01. The molecule has 0 aliphatic rings. The molecule has 0 bridgehead atoms. The summed E-state index contributed by atoms with van der Waals surface area (Å²) in [5, 5.41) is 3.23. The molecule has 134 valence electrons. The minimum absolute atomic E-state index is 0.211. The molecule has 0 saturated heterocycles. The maximum Gasteiger partial charge on any atom is 0.245 e. The van der Waals surface area contributed by atoms with Gasteiger partial charge in [0.2, 0.25) is 15.9 Å². The van der Waals surface area contributed by atoms with Gasteiger partial charge in [0.25, 0.3) is 0 Å². The number of halogens is 2. The molecule has 8 heteroatoms. The second kappa shape index (κ2) is 7.64. The SMILES string of the molecule is Cc1cc(C)cc(NC(=O)CN(c2ccc(Cl)c(Cl)c2)S(C)(=O)=O)c1. The van der Waals surface area contributed by atoms with Gasteiger partial charge in [0.05, 0.1) is 22.0 Å². The molecule has 0 unspecified atom stereocenters. The highest BCUT2D eigenvalue weighted by Crippen LogP contribution is 2.28. The Morgan fingerprint density at radius 1 is 1.04 bits per heavy atom. The number of anilines is 2. The van der Waals surface area contributed by atoms with Crippen molar-refractivity contribution in [3.63, 3.8) is 0 Å². The first kappa shape index (κ1) is 19.6. The highest BCUT2D eigenvalue weighted by atomic mass is 35.5. The summed E-state index contributed by atoms with van der Waals surface area (Å²) in [6.45, 7) is 3.46. The standard InChI is InChI=1S/C17H18Cl2N2O3S/c1-11-6-12(2)8-13(7-11)20-17(22)10-21(25(3,23)24)14-4-5-15(18)16(19)9-14/h4-9H,10H2,1-3H3,(H,20,22). The van der Waals surface area contributed by atoms with Crippen LogP contribution >= 0.6 is 23.2 Å². The van der Waals surface area contributed by atoms with Crippen LogP contribution in [0.1, 0.15) is 11.1 Å². The normalized spacial score (nSPS) is 11.2. The third kappa shape index (κ3) is 5.36. The Morgan fingerprint density at radius 2 is 1.64 bits per heavy atom. The average Bonchev–Trinajstić information content (AvgIpc) is 2.45. The Balaban J connectivity index is 2.25. The van der Waals surface area contributed by atoms with Crippen LogP contribution in [0.15, 0.2) is 36.4 Å². The molecule has 0 radical (unpaired) electrons. The second-order valence-electron chi connectivity index (χ2n) is 5.79. The molecule has 25 heavy (non-hydrogen) atoms. The number of nitrogens with one attached hydrogen (secondary N) is 1. The molecule has 0 atom stereocenters. The molecule has 2 rings (SSSR count). The first-order chi connectivity index (χ1) is 11.6. The third-order valence-electron chi connectivity index (χ3n) is 3.38. The molecule has 0 spiro atoms. The van der Waals surface area contributed by atoms with Crippen molar-refractivity contribution in [2.24, 2.45) is 0 Å². The number of nitrogens with zero attached hydrogens (tertiary/aromatic N) is 1. The summed E-state index contributed by atoms with van der Waals surface area (Å²) in [6.07, 6.45) is 1.03. The number of carbonyl (C=O) groups excluding carboxylic acids is 1. The lowest BCUT2D eigenvalue weighted by Crippen LogP contribution is -2.37. The fourth-order valence-corrected chi connectivity index (χ4v) is 3.56. The largest absolute Gasteiger partial charge is 0.324 e. The van der Waals surface area contributed by atoms with Crippen LogP contribution in [-0.4, -0.2) is 27.1 Å². The summed E-state index contributed by atoms with van der Waals surface area (Å²) in [5.41, 5.74) is 2.89. The van der Waals surface area contributed by atoms with Crippen molar-refractivity contribution >= 4 is 50.5 Å². The van der Waals surface area contributed by atoms with E-state index in [0.717, 1.165) is 21.7 Å². The Hall–Kier alpha value is -1.76. The van der Waals surface area contributed by atoms with Crippen LogP contribution in [-0.2, 0) is 14.8 Å². The zero-order valence-electron chi connectivity index (χ0n) is 14.0. The van der Waals surface area contributed by atoms with Crippen molar-refractivity contribution in [3.8, 4) is 0 Å². The number of rotatable bonds is 5. The van der Waals surface area contributed by atoms with Crippen LogP contribution in [0.5, 0.6) is 0 Å². The zero-order valence-corrected chi connectivity index (χ0v) is 16.3. The average molecular weight is 401 g/mol. The van der Waals surface area contributed by atoms with Crippen molar-refractivity contribution in [2.45, 2.75) is 13.8 Å². The molecule has 0 saturated carbocycles. The summed E-state index contributed by atoms with van der Waals surface area (Å²) >= 11 is 11.8. The van der Waals surface area contributed by atoms with Crippen molar-refractivity contribution < 1.29 is 13.2 Å². The zero-order chi connectivity index (χ0) is 18.8. The van der Waals surface area contributed by atoms with Crippen molar-refractivity contribution in [1.29, 1.82) is 0 Å². The molecule has 0 fully saturated rings. The third-order valence-corrected chi connectivity index (χ3v) is 5.26. The Bertz CT molecular complexity index is 894. The Morgan fingerprint density at radius 3 is 2.16 bits per heavy atom. The predicted molar refractivity (Wildman–Crippen MR) is 103 cm³/mol. The van der Waals surface area contributed by atoms with Gasteiger partial charge in [-0.1, -0.05) is 29.3 Å². The van der Waals surface area contributed by atoms with E-state index in [9.17, 15) is 13.2 Å². The molecular weight excluding hydrogens is 383 g/mol. The van der Waals surface area contributed by atoms with E-state index in [1.54, 1.807) is 0 Å². The van der Waals surface area contributed by atoms with Gasteiger partial charge >= 0.3 is 0 Å². The highest BCUT2D eigenvalue weighted by Gasteiger charge is 2.21. The van der Waals surface area contributed by atoms with Gasteiger partial charge in [-0.05, 0) is 55.3 Å². The van der Waals surface area contributed by atoms with E-state index in [2.05, 4.69) is 5.32 Å². The van der Waals surface area contributed by atoms with Crippen molar-refractivity contribution in [3.05, 3.63) is 57.6 Å². The summed E-state index contributed by atoms with van der Waals surface area (Å²) in [7, 11) is -3.68. The minimum atomic E-state index is -3.68. The number of amides is 1. The number of hydrogen-bond acceptors (Lipinski definition) is 3. The molecule has 0 heterocycles. The van der Waals surface area contributed by atoms with Crippen LogP contribution in [0.25, 0.3) is 0 Å². The first-order valence-electron chi connectivity index (χ1n) is 7.37. The van der Waals surface area contributed by atoms with E-state index >= 15 is 0 Å². The van der Waals surface area contributed by atoms with Gasteiger partial charge in [-0.25, -0.2) is 8.42 Å². The summed E-state index contributed by atoms with van der Waals surface area (Å²) in [4.78, 5) is 12.3. The van der Waals surface area contributed by atoms with Gasteiger partial charge in [0, 0.05) is 5.69 Å². The molecule has 0 aliphatic heterocycles. The van der Waals surface area contributed by atoms with E-state index in [-0.39, 0.29) is 17.3 Å². The fourth-order valence-electron chi connectivity index (χ4n) is 2.42. The summed E-state index contributed by atoms with van der Waals surface area (Å²) < 4.78 is 25.2. The Labute approximate surface area is 157 Å². The number of hydrogen-bond donors (Lipinski definition) is 1. The van der Waals surface area contributed by atoms with Crippen molar-refractivity contribution in [2.75, 3.05) is 22.4 Å². The lowest BCUT2D eigenvalue weighted by atomic mass is 10.1. The smallest absolute Gasteiger partial charge is 0.245 e. The molecule has 2 aromatic carbocycles. The van der Waals surface area contributed by atoms with Gasteiger partial charge in [0.1, 0.15) is 6.54 Å². The van der Waals surface area contributed by atoms with Crippen LogP contribution < -0.4 is 9.62 Å². The van der Waals surface area contributed by atoms with Crippen LogP contribution in [0, 0.1) is 13.8 Å². The molecule has 1 amide bonds. The van der Waals surface area contributed by atoms with Gasteiger partial charge in [-0.3, -0.25) is 9.10 Å². The number of carbonyl (C=O) groups is 1. The monoisotopic (exact) mass is 400 g/mol. The maximum atomic E-state index is 12.3. The first-order valence-corrected chi connectivity index (χ1v) is 9.97. The number of sulfonamides is 1. The van der Waals surface area contributed by atoms with Crippen LogP contribution in [0.4, 0.5) is 11.4 Å². The van der Waals surface area contributed by atoms with Gasteiger partial charge in [0.15, 0.2) is 0 Å². The highest BCUT2D eigenvalue weighted by molar-refractivity contribution is 7.92. The second-order valence-corrected chi connectivity index (χ2v) is 8.51. The quantitative estimate of drug-likeness (QED) is 0.823. The number of aryl methyl sites for hydroxylation is 2. The number of benzene rings is 2. The van der Waals surface area contributed by atoms with E-state index in [4.69, 9.17) is 23.2 Å². The lowest BCUT2D eigenvalue weighted by molar-refractivity contribution is -0.114. The molecule has 1 N–H and O–H groups in total. The molecule has 0 aromatic heterocycles. The van der Waals surface area contributed by atoms with Gasteiger partial charge in [-0.2, -0.15) is 0 Å². The molecule has 0 aliphatic carbocycles. The van der Waals surface area contributed by atoms with E-state index in [0.29, 0.717) is 10.7 Å². The minimum Gasteiger partial charge on any atom is -0.324 e. The maximum absolute atomic E-state index is 12.3. The van der Waals surface area contributed by atoms with Gasteiger partial charge < -0.3 is 5.32 Å². The van der Waals surface area contributed by atoms with Crippen molar-refractivity contribution in [1.82, 2.24) is 0 Å². The fraction of sp³-hybridized carbons (Fsp3) is 0.235. The van der Waals surface area contributed by atoms with E-state index < -0.39 is 15.9 Å².